The lowest BCUT2D eigenvalue weighted by Gasteiger charge is -2.25. The van der Waals surface area contributed by atoms with E-state index in [9.17, 15) is 4.79 Å². The molecule has 96 valence electrons. The third kappa shape index (κ3) is 7.65. The predicted molar refractivity (Wildman–Crippen MR) is 68.6 cm³/mol. The van der Waals surface area contributed by atoms with Crippen molar-refractivity contribution in [2.45, 2.75) is 33.2 Å². The van der Waals surface area contributed by atoms with Gasteiger partial charge in [0.1, 0.15) is 0 Å². The lowest BCUT2D eigenvalue weighted by atomic mass is 10.1. The molecule has 0 aliphatic heterocycles. The van der Waals surface area contributed by atoms with Crippen molar-refractivity contribution in [2.75, 3.05) is 40.3 Å². The van der Waals surface area contributed by atoms with Crippen LogP contribution in [0, 0.1) is 0 Å². The fourth-order valence-corrected chi connectivity index (χ4v) is 1.27. The van der Waals surface area contributed by atoms with Gasteiger partial charge in [0.2, 0.25) is 5.91 Å². The van der Waals surface area contributed by atoms with E-state index in [1.54, 1.807) is 19.0 Å². The highest BCUT2D eigenvalue weighted by Gasteiger charge is 2.12. The normalized spacial score (nSPS) is 11.9. The number of rotatable bonds is 6. The van der Waals surface area contributed by atoms with Crippen LogP contribution in [-0.4, -0.2) is 61.5 Å². The summed E-state index contributed by atoms with van der Waals surface area (Å²) in [4.78, 5) is 15.3. The van der Waals surface area contributed by atoms with Gasteiger partial charge in [0.25, 0.3) is 0 Å². The van der Waals surface area contributed by atoms with Crippen LogP contribution in [0.2, 0.25) is 0 Å². The summed E-state index contributed by atoms with van der Waals surface area (Å²) in [6.45, 7) is 11.8. The number of amides is 1. The Morgan fingerprint density at radius 3 is 2.19 bits per heavy atom. The van der Waals surface area contributed by atoms with Crippen LogP contribution < -0.4 is 5.32 Å². The minimum absolute atomic E-state index is 0.144. The van der Waals surface area contributed by atoms with Crippen LogP contribution in [-0.2, 0) is 4.79 Å². The maximum atomic E-state index is 11.5. The number of carbonyl (C=O) groups excluding carboxylic acids is 1. The molecule has 0 atom stereocenters. The summed E-state index contributed by atoms with van der Waals surface area (Å²) >= 11 is 0. The van der Waals surface area contributed by atoms with Gasteiger partial charge in [0, 0.05) is 32.7 Å². The van der Waals surface area contributed by atoms with E-state index in [4.69, 9.17) is 0 Å². The van der Waals surface area contributed by atoms with Gasteiger partial charge in [-0.2, -0.15) is 0 Å². The second kappa shape index (κ2) is 6.86. The first-order valence-corrected chi connectivity index (χ1v) is 5.94. The average Bonchev–Trinajstić information content (AvgIpc) is 2.13. The molecule has 0 saturated heterocycles. The Morgan fingerprint density at radius 1 is 1.25 bits per heavy atom. The first-order chi connectivity index (χ1) is 7.26. The topological polar surface area (TPSA) is 35.6 Å². The van der Waals surface area contributed by atoms with Crippen molar-refractivity contribution >= 4 is 5.91 Å². The van der Waals surface area contributed by atoms with Crippen LogP contribution in [0.1, 0.15) is 27.7 Å². The number of nitrogens with zero attached hydrogens (tertiary/aromatic N) is 2. The second-order valence-electron chi connectivity index (χ2n) is 5.33. The van der Waals surface area contributed by atoms with Crippen LogP contribution in [0.25, 0.3) is 0 Å². The first-order valence-electron chi connectivity index (χ1n) is 5.94. The molecule has 1 amide bonds. The van der Waals surface area contributed by atoms with Crippen molar-refractivity contribution in [1.29, 1.82) is 0 Å². The van der Waals surface area contributed by atoms with E-state index in [2.05, 4.69) is 37.9 Å². The van der Waals surface area contributed by atoms with Crippen LogP contribution in [0.5, 0.6) is 0 Å². The standard InChI is InChI=1S/C12H27N3O/c1-7-15(10-11(16)14(5)6)9-8-13-12(2,3)4/h13H,7-10H2,1-6H3. The third-order valence-electron chi connectivity index (χ3n) is 2.39. The summed E-state index contributed by atoms with van der Waals surface area (Å²) in [5, 5.41) is 3.42. The lowest BCUT2D eigenvalue weighted by molar-refractivity contribution is -0.129. The lowest BCUT2D eigenvalue weighted by Crippen LogP contribution is -2.44. The van der Waals surface area contributed by atoms with E-state index in [-0.39, 0.29) is 11.4 Å². The molecule has 0 heterocycles. The van der Waals surface area contributed by atoms with Gasteiger partial charge >= 0.3 is 0 Å². The highest BCUT2D eigenvalue weighted by atomic mass is 16.2. The van der Waals surface area contributed by atoms with E-state index in [1.807, 2.05) is 0 Å². The molecule has 0 aliphatic carbocycles. The molecule has 0 unspecified atom stereocenters. The van der Waals surface area contributed by atoms with Crippen molar-refractivity contribution < 1.29 is 4.79 Å². The molecule has 1 N–H and O–H groups in total. The molecule has 0 saturated carbocycles. The first kappa shape index (κ1) is 15.4. The zero-order chi connectivity index (χ0) is 12.8. The molecule has 0 spiro atoms. The minimum Gasteiger partial charge on any atom is -0.348 e. The molecule has 0 fully saturated rings. The maximum Gasteiger partial charge on any atom is 0.236 e. The van der Waals surface area contributed by atoms with Crippen molar-refractivity contribution in [2.24, 2.45) is 0 Å². The Labute approximate surface area is 100.0 Å². The van der Waals surface area contributed by atoms with Gasteiger partial charge in [0.05, 0.1) is 6.54 Å². The Kier molecular flexibility index (Phi) is 6.60. The maximum absolute atomic E-state index is 11.5. The molecular weight excluding hydrogens is 202 g/mol. The number of likely N-dealkylation sites (N-methyl/N-ethyl adjacent to an activating group) is 2. The van der Waals surface area contributed by atoms with Crippen LogP contribution >= 0.6 is 0 Å². The quantitative estimate of drug-likeness (QED) is 0.731. The SMILES string of the molecule is CCN(CCNC(C)(C)C)CC(=O)N(C)C. The molecule has 0 aromatic carbocycles. The van der Waals surface area contributed by atoms with Crippen LogP contribution in [0.15, 0.2) is 0 Å². The van der Waals surface area contributed by atoms with Gasteiger partial charge in [-0.1, -0.05) is 6.92 Å². The fourth-order valence-electron chi connectivity index (χ4n) is 1.27. The van der Waals surface area contributed by atoms with E-state index >= 15 is 0 Å². The molecular formula is C12H27N3O. The van der Waals surface area contributed by atoms with Crippen LogP contribution in [0.4, 0.5) is 0 Å². The smallest absolute Gasteiger partial charge is 0.236 e. The van der Waals surface area contributed by atoms with Crippen molar-refractivity contribution in [3.63, 3.8) is 0 Å². The van der Waals surface area contributed by atoms with Gasteiger partial charge in [-0.3, -0.25) is 9.69 Å². The largest absolute Gasteiger partial charge is 0.348 e. The molecule has 0 rings (SSSR count). The summed E-state index contributed by atoms with van der Waals surface area (Å²) in [5.41, 5.74) is 0.144. The third-order valence-corrected chi connectivity index (χ3v) is 2.39. The zero-order valence-electron chi connectivity index (χ0n) is 11.6. The monoisotopic (exact) mass is 229 g/mol. The summed E-state index contributed by atoms with van der Waals surface area (Å²) in [6, 6.07) is 0. The summed E-state index contributed by atoms with van der Waals surface area (Å²) in [5.74, 6) is 0.164. The number of carbonyl (C=O) groups is 1. The van der Waals surface area contributed by atoms with Gasteiger partial charge in [0.15, 0.2) is 0 Å². The van der Waals surface area contributed by atoms with Gasteiger partial charge in [-0.05, 0) is 27.3 Å². The van der Waals surface area contributed by atoms with Gasteiger partial charge < -0.3 is 10.2 Å². The molecule has 0 aromatic heterocycles. The zero-order valence-corrected chi connectivity index (χ0v) is 11.6. The van der Waals surface area contributed by atoms with Gasteiger partial charge in [-0.25, -0.2) is 0 Å². The van der Waals surface area contributed by atoms with Gasteiger partial charge in [-0.15, -0.1) is 0 Å². The molecule has 0 aliphatic rings. The molecule has 4 heteroatoms. The van der Waals surface area contributed by atoms with E-state index in [0.29, 0.717) is 6.54 Å². The molecule has 0 aromatic rings. The highest BCUT2D eigenvalue weighted by molar-refractivity contribution is 5.77. The molecule has 4 nitrogen and oxygen atoms in total. The van der Waals surface area contributed by atoms with Crippen molar-refractivity contribution in [1.82, 2.24) is 15.1 Å². The predicted octanol–water partition coefficient (Wildman–Crippen LogP) is 0.785. The van der Waals surface area contributed by atoms with E-state index < -0.39 is 0 Å². The van der Waals surface area contributed by atoms with Crippen LogP contribution in [0.3, 0.4) is 0 Å². The second-order valence-corrected chi connectivity index (χ2v) is 5.33. The molecule has 0 bridgehead atoms. The average molecular weight is 229 g/mol. The van der Waals surface area contributed by atoms with Crippen molar-refractivity contribution in [3.05, 3.63) is 0 Å². The number of nitrogens with one attached hydrogen (secondary N) is 1. The Balaban J connectivity index is 3.89. The van der Waals surface area contributed by atoms with Crippen molar-refractivity contribution in [3.8, 4) is 0 Å². The van der Waals surface area contributed by atoms with E-state index in [1.165, 1.54) is 0 Å². The summed E-state index contributed by atoms with van der Waals surface area (Å²) in [7, 11) is 3.59. The highest BCUT2D eigenvalue weighted by Crippen LogP contribution is 1.98. The molecule has 0 radical (unpaired) electrons. The fraction of sp³-hybridized carbons (Fsp3) is 0.917. The Morgan fingerprint density at radius 2 is 1.81 bits per heavy atom. The molecule has 16 heavy (non-hydrogen) atoms. The Bertz CT molecular complexity index is 209. The summed E-state index contributed by atoms with van der Waals surface area (Å²) in [6.07, 6.45) is 0. The minimum atomic E-state index is 0.144. The Hall–Kier alpha value is -0.610. The van der Waals surface area contributed by atoms with E-state index in [0.717, 1.165) is 19.6 Å². The number of hydrogen-bond acceptors (Lipinski definition) is 3. The summed E-state index contributed by atoms with van der Waals surface area (Å²) < 4.78 is 0. The number of hydrogen-bond donors (Lipinski definition) is 1.